The Hall–Kier alpha value is -1.93. The van der Waals surface area contributed by atoms with E-state index in [9.17, 15) is 0 Å². The maximum absolute atomic E-state index is 8.00. The van der Waals surface area contributed by atoms with Gasteiger partial charge in [0, 0.05) is 5.92 Å². The van der Waals surface area contributed by atoms with Crippen molar-refractivity contribution in [3.8, 4) is 0 Å². The molecule has 0 fully saturated rings. The summed E-state index contributed by atoms with van der Waals surface area (Å²) in [4.78, 5) is 8.00. The van der Waals surface area contributed by atoms with Gasteiger partial charge in [0.25, 0.3) is 0 Å². The molecule has 0 saturated carbocycles. The first-order valence-corrected chi connectivity index (χ1v) is 7.28. The molecule has 1 unspecified atom stereocenters. The van der Waals surface area contributed by atoms with E-state index in [2.05, 4.69) is 62.6 Å². The number of nitrogens with two attached hydrogens (primary N) is 1. The highest BCUT2D eigenvalue weighted by Crippen LogP contribution is 2.45. The van der Waals surface area contributed by atoms with Gasteiger partial charge in [-0.3, -0.25) is 0 Å². The fourth-order valence-electron chi connectivity index (χ4n) is 2.77. The van der Waals surface area contributed by atoms with Crippen LogP contribution in [0.25, 0.3) is 5.57 Å². The largest absolute Gasteiger partial charge is 0.333 e. The maximum atomic E-state index is 8.00. The summed E-state index contributed by atoms with van der Waals surface area (Å²) < 4.78 is 0. The molecule has 0 heterocycles. The molecule has 1 aromatic rings. The van der Waals surface area contributed by atoms with Crippen molar-refractivity contribution in [2.75, 3.05) is 7.05 Å². The highest BCUT2D eigenvalue weighted by atomic mass is 16.1. The average molecular weight is 285 g/mol. The Balaban J connectivity index is 0.000000921. The minimum absolute atomic E-state index is 0.556. The van der Waals surface area contributed by atoms with Crippen molar-refractivity contribution in [2.45, 2.75) is 32.6 Å². The lowest BCUT2D eigenvalue weighted by atomic mass is 9.91. The Kier molecular flexibility index (Phi) is 9.82. The van der Waals surface area contributed by atoms with E-state index in [1.807, 2.05) is 12.9 Å². The molecule has 0 saturated heterocycles. The second kappa shape index (κ2) is 10.8. The SMILES string of the molecule is C=CC1=C(/C=C\C)C(CCC)c2ccccc21.C=O.CN. The van der Waals surface area contributed by atoms with Crippen molar-refractivity contribution in [1.29, 1.82) is 0 Å². The van der Waals surface area contributed by atoms with Crippen LogP contribution in [-0.2, 0) is 4.79 Å². The standard InChI is InChI=1S/C17H20.CH5N.CH2O/c1-4-9-14-13(6-3)16-11-7-8-12-17(16)15(14)10-5-2;2*1-2/h4,6-9,11-12,15H,3,5,10H2,1-2H3;2H2,1H3;1H2/b9-4-;;. The summed E-state index contributed by atoms with van der Waals surface area (Å²) in [7, 11) is 1.50. The first-order chi connectivity index (χ1) is 10.3. The smallest absolute Gasteiger partial charge is 0.106 e. The molecule has 1 aliphatic rings. The number of allylic oxidation sites excluding steroid dienone is 5. The van der Waals surface area contributed by atoms with Crippen LogP contribution in [0.2, 0.25) is 0 Å². The molecular weight excluding hydrogens is 258 g/mol. The fraction of sp³-hybridized carbons (Fsp3) is 0.316. The van der Waals surface area contributed by atoms with Crippen LogP contribution in [0.1, 0.15) is 43.7 Å². The van der Waals surface area contributed by atoms with Gasteiger partial charge in [-0.2, -0.15) is 0 Å². The Morgan fingerprint density at radius 2 is 1.86 bits per heavy atom. The molecule has 0 radical (unpaired) electrons. The number of carbonyl (C=O) groups excluding carboxylic acids is 1. The predicted octanol–water partition coefficient (Wildman–Crippen LogP) is 4.49. The second-order valence-electron chi connectivity index (χ2n) is 4.50. The Morgan fingerprint density at radius 3 is 2.38 bits per heavy atom. The molecule has 2 heteroatoms. The number of carbonyl (C=O) groups is 1. The van der Waals surface area contributed by atoms with E-state index in [-0.39, 0.29) is 0 Å². The van der Waals surface area contributed by atoms with Crippen LogP contribution in [0.15, 0.2) is 54.6 Å². The van der Waals surface area contributed by atoms with Gasteiger partial charge in [-0.1, -0.05) is 62.4 Å². The molecule has 0 aromatic heterocycles. The van der Waals surface area contributed by atoms with Gasteiger partial charge in [-0.15, -0.1) is 0 Å². The molecular formula is C19H27NO. The number of hydrogen-bond donors (Lipinski definition) is 1. The number of benzene rings is 1. The summed E-state index contributed by atoms with van der Waals surface area (Å²) in [5.74, 6) is 0.556. The molecule has 1 aromatic carbocycles. The number of fused-ring (bicyclic) bond motifs is 1. The number of hydrogen-bond acceptors (Lipinski definition) is 2. The zero-order valence-corrected chi connectivity index (χ0v) is 13.4. The molecule has 2 N–H and O–H groups in total. The molecule has 0 amide bonds. The summed E-state index contributed by atoms with van der Waals surface area (Å²) in [6.45, 7) is 10.3. The third-order valence-electron chi connectivity index (χ3n) is 3.44. The van der Waals surface area contributed by atoms with Crippen LogP contribution in [0, 0.1) is 0 Å². The first-order valence-electron chi connectivity index (χ1n) is 7.28. The average Bonchev–Trinajstić information content (AvgIpc) is 2.85. The number of rotatable bonds is 4. The van der Waals surface area contributed by atoms with E-state index in [1.54, 1.807) is 0 Å². The van der Waals surface area contributed by atoms with Crippen LogP contribution >= 0.6 is 0 Å². The van der Waals surface area contributed by atoms with Gasteiger partial charge in [0.15, 0.2) is 0 Å². The van der Waals surface area contributed by atoms with E-state index in [1.165, 1.54) is 42.2 Å². The zero-order chi connectivity index (χ0) is 16.3. The lowest BCUT2D eigenvalue weighted by molar-refractivity contribution is -0.0979. The highest BCUT2D eigenvalue weighted by molar-refractivity contribution is 5.85. The Bertz CT molecular complexity index is 500. The molecule has 114 valence electrons. The van der Waals surface area contributed by atoms with Crippen LogP contribution in [0.3, 0.4) is 0 Å². The topological polar surface area (TPSA) is 43.1 Å². The Labute approximate surface area is 129 Å². The minimum atomic E-state index is 0.556. The van der Waals surface area contributed by atoms with Crippen LogP contribution in [-0.4, -0.2) is 13.8 Å². The van der Waals surface area contributed by atoms with Gasteiger partial charge in [0.1, 0.15) is 6.79 Å². The van der Waals surface area contributed by atoms with Crippen molar-refractivity contribution >= 4 is 12.4 Å². The maximum Gasteiger partial charge on any atom is 0.106 e. The summed E-state index contributed by atoms with van der Waals surface area (Å²) in [6, 6.07) is 8.73. The van der Waals surface area contributed by atoms with E-state index in [0.29, 0.717) is 5.92 Å². The van der Waals surface area contributed by atoms with Crippen LogP contribution in [0.5, 0.6) is 0 Å². The zero-order valence-electron chi connectivity index (χ0n) is 13.4. The van der Waals surface area contributed by atoms with Crippen molar-refractivity contribution in [1.82, 2.24) is 0 Å². The third kappa shape index (κ3) is 4.27. The van der Waals surface area contributed by atoms with Crippen LogP contribution < -0.4 is 5.73 Å². The molecule has 2 nitrogen and oxygen atoms in total. The van der Waals surface area contributed by atoms with Crippen molar-refractivity contribution < 1.29 is 4.79 Å². The molecule has 1 atom stereocenters. The lowest BCUT2D eigenvalue weighted by Crippen LogP contribution is -1.96. The summed E-state index contributed by atoms with van der Waals surface area (Å²) >= 11 is 0. The normalized spacial score (nSPS) is 15.7. The first kappa shape index (κ1) is 19.1. The quantitative estimate of drug-likeness (QED) is 0.885. The minimum Gasteiger partial charge on any atom is -0.333 e. The predicted molar refractivity (Wildman–Crippen MR) is 93.3 cm³/mol. The summed E-state index contributed by atoms with van der Waals surface area (Å²) in [5, 5.41) is 0. The van der Waals surface area contributed by atoms with Gasteiger partial charge in [-0.05, 0) is 42.7 Å². The van der Waals surface area contributed by atoms with E-state index in [0.717, 1.165) is 0 Å². The van der Waals surface area contributed by atoms with Crippen molar-refractivity contribution in [3.05, 3.63) is 65.8 Å². The molecule has 0 spiro atoms. The molecule has 0 aliphatic heterocycles. The molecule has 21 heavy (non-hydrogen) atoms. The highest BCUT2D eigenvalue weighted by Gasteiger charge is 2.27. The molecule has 0 bridgehead atoms. The Morgan fingerprint density at radius 1 is 1.24 bits per heavy atom. The van der Waals surface area contributed by atoms with Gasteiger partial charge < -0.3 is 10.5 Å². The van der Waals surface area contributed by atoms with Gasteiger partial charge in [-0.25, -0.2) is 0 Å². The van der Waals surface area contributed by atoms with E-state index >= 15 is 0 Å². The fourth-order valence-corrected chi connectivity index (χ4v) is 2.77. The van der Waals surface area contributed by atoms with Crippen molar-refractivity contribution in [2.24, 2.45) is 5.73 Å². The second-order valence-corrected chi connectivity index (χ2v) is 4.50. The third-order valence-corrected chi connectivity index (χ3v) is 3.44. The van der Waals surface area contributed by atoms with E-state index < -0.39 is 0 Å². The monoisotopic (exact) mass is 285 g/mol. The van der Waals surface area contributed by atoms with E-state index in [4.69, 9.17) is 4.79 Å². The molecule has 1 aliphatic carbocycles. The molecule has 2 rings (SSSR count). The van der Waals surface area contributed by atoms with Gasteiger partial charge in [0.05, 0.1) is 0 Å². The lowest BCUT2D eigenvalue weighted by Gasteiger charge is -2.13. The van der Waals surface area contributed by atoms with Gasteiger partial charge >= 0.3 is 0 Å². The van der Waals surface area contributed by atoms with Gasteiger partial charge in [0.2, 0.25) is 0 Å². The van der Waals surface area contributed by atoms with Crippen molar-refractivity contribution in [3.63, 3.8) is 0 Å². The summed E-state index contributed by atoms with van der Waals surface area (Å²) in [5.41, 5.74) is 10.1. The summed E-state index contributed by atoms with van der Waals surface area (Å²) in [6.07, 6.45) is 8.81. The van der Waals surface area contributed by atoms with Crippen LogP contribution in [0.4, 0.5) is 0 Å².